The highest BCUT2D eigenvalue weighted by atomic mass is 79.9. The Labute approximate surface area is 171 Å². The number of phenols is 1. The van der Waals surface area contributed by atoms with Crippen molar-refractivity contribution in [3.63, 3.8) is 0 Å². The summed E-state index contributed by atoms with van der Waals surface area (Å²) in [4.78, 5) is 4.95. The lowest BCUT2D eigenvalue weighted by molar-refractivity contribution is 0.412. The Balaban J connectivity index is 1.76. The molecule has 0 fully saturated rings. The van der Waals surface area contributed by atoms with E-state index in [1.165, 1.54) is 0 Å². The van der Waals surface area contributed by atoms with Crippen LogP contribution >= 0.6 is 27.5 Å². The molecule has 0 spiro atoms. The van der Waals surface area contributed by atoms with Gasteiger partial charge < -0.3 is 5.11 Å². The van der Waals surface area contributed by atoms with Crippen LogP contribution in [0.3, 0.4) is 0 Å². The third-order valence-corrected chi connectivity index (χ3v) is 5.46. The molecule has 1 aliphatic rings. The Bertz CT molecular complexity index is 988. The number of aliphatic imine (C=N–C) groups is 1. The van der Waals surface area contributed by atoms with Crippen molar-refractivity contribution < 1.29 is 5.11 Å². The minimum absolute atomic E-state index is 0.0497. The first-order valence-electron chi connectivity index (χ1n) is 8.72. The number of benzene rings is 3. The molecule has 136 valence electrons. The summed E-state index contributed by atoms with van der Waals surface area (Å²) in [7, 11) is 0. The van der Waals surface area contributed by atoms with Crippen LogP contribution in [-0.4, -0.2) is 10.8 Å². The molecule has 2 atom stereocenters. The van der Waals surface area contributed by atoms with Gasteiger partial charge in [-0.1, -0.05) is 70.0 Å². The third kappa shape index (κ3) is 4.08. The third-order valence-electron chi connectivity index (χ3n) is 4.70. The minimum atomic E-state index is -0.203. The lowest BCUT2D eigenvalue weighted by atomic mass is 9.93. The Morgan fingerprint density at radius 2 is 1.78 bits per heavy atom. The Morgan fingerprint density at radius 1 is 1.00 bits per heavy atom. The summed E-state index contributed by atoms with van der Waals surface area (Å²) in [6, 6.07) is 23.3. The van der Waals surface area contributed by atoms with Crippen LogP contribution in [0.5, 0.6) is 5.75 Å². The zero-order chi connectivity index (χ0) is 18.8. The average molecular weight is 442 g/mol. The van der Waals surface area contributed by atoms with Crippen molar-refractivity contribution in [2.45, 2.75) is 18.6 Å². The van der Waals surface area contributed by atoms with E-state index in [9.17, 15) is 5.11 Å². The van der Waals surface area contributed by atoms with Crippen LogP contribution in [0.15, 0.2) is 82.3 Å². The maximum atomic E-state index is 10.3. The highest BCUT2D eigenvalue weighted by Crippen LogP contribution is 2.34. The molecule has 3 aromatic rings. The molecule has 1 heterocycles. The van der Waals surface area contributed by atoms with E-state index in [0.717, 1.165) is 26.9 Å². The van der Waals surface area contributed by atoms with Gasteiger partial charge in [-0.15, -0.1) is 0 Å². The molecule has 27 heavy (non-hydrogen) atoms. The fourth-order valence-corrected chi connectivity index (χ4v) is 3.80. The van der Waals surface area contributed by atoms with Gasteiger partial charge in [0.25, 0.3) is 0 Å². The molecule has 0 amide bonds. The summed E-state index contributed by atoms with van der Waals surface area (Å²) in [5, 5.41) is 14.6. The second-order valence-corrected chi connectivity index (χ2v) is 7.87. The van der Waals surface area contributed by atoms with Crippen LogP contribution in [0.2, 0.25) is 5.02 Å². The van der Waals surface area contributed by atoms with E-state index in [1.54, 1.807) is 6.07 Å². The van der Waals surface area contributed by atoms with Crippen molar-refractivity contribution >= 4 is 33.2 Å². The molecule has 3 nitrogen and oxygen atoms in total. The van der Waals surface area contributed by atoms with E-state index in [0.29, 0.717) is 11.4 Å². The van der Waals surface area contributed by atoms with Crippen LogP contribution in [0.1, 0.15) is 35.3 Å². The standard InChI is InChI=1S/C22H18BrClN2O/c23-16-10-8-14(9-11-16)22-25-19(15-4-3-5-17(24)12-15)13-20(26-22)18-6-1-2-7-21(18)27/h1-12,20,22,26-27H,13H2. The smallest absolute Gasteiger partial charge is 0.126 e. The van der Waals surface area contributed by atoms with Crippen LogP contribution in [-0.2, 0) is 0 Å². The average Bonchev–Trinajstić information content (AvgIpc) is 2.68. The molecule has 2 unspecified atom stereocenters. The topological polar surface area (TPSA) is 44.6 Å². The van der Waals surface area contributed by atoms with Crippen molar-refractivity contribution in [2.24, 2.45) is 4.99 Å². The van der Waals surface area contributed by atoms with Crippen molar-refractivity contribution in [1.29, 1.82) is 0 Å². The molecule has 0 bridgehead atoms. The number of rotatable bonds is 3. The molecule has 0 saturated carbocycles. The van der Waals surface area contributed by atoms with Gasteiger partial charge in [0.05, 0.1) is 0 Å². The second-order valence-electron chi connectivity index (χ2n) is 6.52. The summed E-state index contributed by atoms with van der Waals surface area (Å²) in [5.74, 6) is 0.289. The van der Waals surface area contributed by atoms with Crippen molar-refractivity contribution in [3.8, 4) is 5.75 Å². The number of nitrogens with one attached hydrogen (secondary N) is 1. The molecule has 0 radical (unpaired) electrons. The van der Waals surface area contributed by atoms with E-state index in [2.05, 4.69) is 21.2 Å². The number of halogens is 2. The summed E-state index contributed by atoms with van der Waals surface area (Å²) >= 11 is 9.68. The minimum Gasteiger partial charge on any atom is -0.508 e. The molecule has 2 N–H and O–H groups in total. The lowest BCUT2D eigenvalue weighted by Gasteiger charge is -2.31. The predicted molar refractivity (Wildman–Crippen MR) is 113 cm³/mol. The molecule has 5 heteroatoms. The molecule has 0 aromatic heterocycles. The maximum absolute atomic E-state index is 10.3. The van der Waals surface area contributed by atoms with Crippen LogP contribution in [0, 0.1) is 0 Å². The van der Waals surface area contributed by atoms with Gasteiger partial charge >= 0.3 is 0 Å². The molecular weight excluding hydrogens is 424 g/mol. The normalized spacial score (nSPS) is 19.6. The van der Waals surface area contributed by atoms with Gasteiger partial charge in [-0.3, -0.25) is 10.3 Å². The molecule has 4 rings (SSSR count). The van der Waals surface area contributed by atoms with Crippen molar-refractivity contribution in [3.05, 3.63) is 99.0 Å². The van der Waals surface area contributed by atoms with E-state index in [4.69, 9.17) is 16.6 Å². The Morgan fingerprint density at radius 3 is 2.52 bits per heavy atom. The highest BCUT2D eigenvalue weighted by molar-refractivity contribution is 9.10. The summed E-state index contributed by atoms with van der Waals surface area (Å²) < 4.78 is 1.03. The summed E-state index contributed by atoms with van der Waals surface area (Å²) in [5.41, 5.74) is 3.91. The van der Waals surface area contributed by atoms with Crippen LogP contribution in [0.25, 0.3) is 0 Å². The first-order chi connectivity index (χ1) is 13.1. The number of phenolic OH excluding ortho intramolecular Hbond substituents is 1. The molecule has 0 saturated heterocycles. The Kier molecular flexibility index (Phi) is 5.30. The zero-order valence-electron chi connectivity index (χ0n) is 14.4. The van der Waals surface area contributed by atoms with Gasteiger partial charge in [0.1, 0.15) is 11.9 Å². The maximum Gasteiger partial charge on any atom is 0.126 e. The van der Waals surface area contributed by atoms with Crippen molar-refractivity contribution in [2.75, 3.05) is 0 Å². The molecule has 1 aliphatic heterocycles. The quantitative estimate of drug-likeness (QED) is 0.521. The van der Waals surface area contributed by atoms with Gasteiger partial charge in [-0.2, -0.15) is 0 Å². The Hall–Kier alpha value is -2.14. The van der Waals surface area contributed by atoms with Crippen LogP contribution < -0.4 is 5.32 Å². The summed E-state index contributed by atoms with van der Waals surface area (Å²) in [6.07, 6.45) is 0.468. The SMILES string of the molecule is Oc1ccccc1C1CC(c2cccc(Cl)c2)=NC(c2ccc(Br)cc2)N1. The van der Waals surface area contributed by atoms with E-state index >= 15 is 0 Å². The molecular formula is C22H18BrClN2O. The zero-order valence-corrected chi connectivity index (χ0v) is 16.8. The number of para-hydroxylation sites is 1. The molecule has 3 aromatic carbocycles. The van der Waals surface area contributed by atoms with Gasteiger partial charge in [0.2, 0.25) is 0 Å². The first kappa shape index (κ1) is 18.2. The lowest BCUT2D eigenvalue weighted by Crippen LogP contribution is -2.33. The van der Waals surface area contributed by atoms with E-state index < -0.39 is 0 Å². The monoisotopic (exact) mass is 440 g/mol. The molecule has 0 aliphatic carbocycles. The van der Waals surface area contributed by atoms with E-state index in [-0.39, 0.29) is 18.0 Å². The van der Waals surface area contributed by atoms with Gasteiger partial charge in [-0.05, 0) is 41.5 Å². The van der Waals surface area contributed by atoms with Gasteiger partial charge in [0, 0.05) is 33.2 Å². The van der Waals surface area contributed by atoms with E-state index in [1.807, 2.05) is 66.7 Å². The fourth-order valence-electron chi connectivity index (χ4n) is 3.35. The fraction of sp³-hybridized carbons (Fsp3) is 0.136. The number of nitrogens with zero attached hydrogens (tertiary/aromatic N) is 1. The van der Waals surface area contributed by atoms with Crippen molar-refractivity contribution in [1.82, 2.24) is 5.32 Å². The first-order valence-corrected chi connectivity index (χ1v) is 9.89. The van der Waals surface area contributed by atoms with Gasteiger partial charge in [0.15, 0.2) is 0 Å². The van der Waals surface area contributed by atoms with Gasteiger partial charge in [-0.25, -0.2) is 0 Å². The highest BCUT2D eigenvalue weighted by Gasteiger charge is 2.27. The number of hydrogen-bond donors (Lipinski definition) is 2. The van der Waals surface area contributed by atoms with Crippen LogP contribution in [0.4, 0.5) is 0 Å². The second kappa shape index (κ2) is 7.85. The number of aromatic hydroxyl groups is 1. The predicted octanol–water partition coefficient (Wildman–Crippen LogP) is 6.03. The largest absolute Gasteiger partial charge is 0.508 e. The number of hydrogen-bond acceptors (Lipinski definition) is 3. The summed E-state index contributed by atoms with van der Waals surface area (Å²) in [6.45, 7) is 0.